The topological polar surface area (TPSA) is 71.3 Å². The number of benzene rings is 1. The van der Waals surface area contributed by atoms with Gasteiger partial charge >= 0.3 is 0 Å². The summed E-state index contributed by atoms with van der Waals surface area (Å²) in [7, 11) is 0. The number of nitriles is 1. The van der Waals surface area contributed by atoms with Gasteiger partial charge in [-0.3, -0.25) is 4.79 Å². The van der Waals surface area contributed by atoms with Crippen molar-refractivity contribution in [2.75, 3.05) is 13.2 Å². The summed E-state index contributed by atoms with van der Waals surface area (Å²) in [6.07, 6.45) is 0. The molecule has 5 nitrogen and oxygen atoms in total. The van der Waals surface area contributed by atoms with Crippen molar-refractivity contribution < 1.29 is 19.0 Å². The third-order valence-corrected chi connectivity index (χ3v) is 2.00. The molecule has 1 aromatic carbocycles. The van der Waals surface area contributed by atoms with Crippen LogP contribution in [0.25, 0.3) is 0 Å². The lowest BCUT2D eigenvalue weighted by molar-refractivity contribution is -0.292. The Morgan fingerprint density at radius 1 is 1.44 bits per heavy atom. The van der Waals surface area contributed by atoms with Gasteiger partial charge in [0, 0.05) is 5.56 Å². The molecule has 0 saturated heterocycles. The first-order chi connectivity index (χ1) is 8.67. The largest absolute Gasteiger partial charge is 0.334 e. The molecule has 0 heterocycles. The first-order valence-corrected chi connectivity index (χ1v) is 5.37. The van der Waals surface area contributed by atoms with Crippen LogP contribution in [0, 0.1) is 17.1 Å². The predicted molar refractivity (Wildman–Crippen MR) is 60.8 cm³/mol. The van der Waals surface area contributed by atoms with Crippen molar-refractivity contribution in [2.45, 2.75) is 13.0 Å². The molecule has 1 rings (SSSR count). The summed E-state index contributed by atoms with van der Waals surface area (Å²) in [6.45, 7) is 2.01. The third-order valence-electron chi connectivity index (χ3n) is 2.00. The van der Waals surface area contributed by atoms with Crippen LogP contribution in [0.1, 0.15) is 17.3 Å². The van der Waals surface area contributed by atoms with E-state index in [1.807, 2.05) is 6.07 Å². The highest BCUT2D eigenvalue weighted by Crippen LogP contribution is 2.03. The van der Waals surface area contributed by atoms with Crippen LogP contribution in [0.2, 0.25) is 0 Å². The second kappa shape index (κ2) is 7.37. The molecule has 6 heteroatoms. The summed E-state index contributed by atoms with van der Waals surface area (Å²) in [5, 5.41) is 11.2. The number of amides is 1. The minimum atomic E-state index is -0.825. The van der Waals surface area contributed by atoms with Crippen molar-refractivity contribution in [1.29, 1.82) is 5.26 Å². The Bertz CT molecular complexity index is 428. The van der Waals surface area contributed by atoms with Gasteiger partial charge in [0.05, 0.1) is 12.7 Å². The van der Waals surface area contributed by atoms with Gasteiger partial charge in [-0.05, 0) is 31.2 Å². The number of nitrogens with one attached hydrogen (secondary N) is 1. The summed E-state index contributed by atoms with van der Waals surface area (Å²) in [5.41, 5.74) is 0.271. The molecule has 0 aliphatic heterocycles. The standard InChI is InChI=1S/C12H13FN2O3/c1-2-17-18-8-11(7-14)15-12(16)9-3-5-10(13)6-4-9/h3-6,11H,2,8H2,1H3,(H,15,16). The Labute approximate surface area is 104 Å². The zero-order valence-corrected chi connectivity index (χ0v) is 9.85. The lowest BCUT2D eigenvalue weighted by Crippen LogP contribution is -2.37. The van der Waals surface area contributed by atoms with E-state index in [9.17, 15) is 9.18 Å². The average Bonchev–Trinajstić information content (AvgIpc) is 2.38. The zero-order chi connectivity index (χ0) is 13.4. The molecule has 96 valence electrons. The third kappa shape index (κ3) is 4.49. The van der Waals surface area contributed by atoms with Crippen LogP contribution >= 0.6 is 0 Å². The lowest BCUT2D eigenvalue weighted by Gasteiger charge is -2.11. The molecule has 0 aromatic heterocycles. The highest BCUT2D eigenvalue weighted by molar-refractivity contribution is 5.94. The lowest BCUT2D eigenvalue weighted by atomic mass is 10.2. The molecule has 0 aliphatic carbocycles. The SMILES string of the molecule is CCOOCC(C#N)NC(=O)c1ccc(F)cc1. The number of carbonyl (C=O) groups excluding carboxylic acids is 1. The molecule has 1 atom stereocenters. The highest BCUT2D eigenvalue weighted by Gasteiger charge is 2.13. The molecule has 0 spiro atoms. The van der Waals surface area contributed by atoms with Crippen LogP contribution in [0.15, 0.2) is 24.3 Å². The number of nitrogens with zero attached hydrogens (tertiary/aromatic N) is 1. The zero-order valence-electron chi connectivity index (χ0n) is 9.85. The second-order valence-corrected chi connectivity index (χ2v) is 3.35. The fourth-order valence-corrected chi connectivity index (χ4v) is 1.15. The number of hydrogen-bond acceptors (Lipinski definition) is 4. The molecule has 1 amide bonds. The van der Waals surface area contributed by atoms with E-state index < -0.39 is 17.8 Å². The van der Waals surface area contributed by atoms with Gasteiger partial charge in [-0.15, -0.1) is 0 Å². The van der Waals surface area contributed by atoms with Crippen molar-refractivity contribution in [2.24, 2.45) is 0 Å². The van der Waals surface area contributed by atoms with Gasteiger partial charge in [-0.25, -0.2) is 14.2 Å². The molecule has 1 unspecified atom stereocenters. The van der Waals surface area contributed by atoms with Gasteiger partial charge in [-0.1, -0.05) is 0 Å². The highest BCUT2D eigenvalue weighted by atomic mass is 19.1. The van der Waals surface area contributed by atoms with Gasteiger partial charge < -0.3 is 5.32 Å². The normalized spacial score (nSPS) is 11.6. The minimum absolute atomic E-state index is 0.0721. The molecule has 18 heavy (non-hydrogen) atoms. The Kier molecular flexibility index (Phi) is 5.77. The molecule has 0 fully saturated rings. The van der Waals surface area contributed by atoms with E-state index in [0.29, 0.717) is 6.61 Å². The van der Waals surface area contributed by atoms with Gasteiger partial charge in [0.15, 0.2) is 0 Å². The maximum atomic E-state index is 12.7. The Morgan fingerprint density at radius 2 is 2.11 bits per heavy atom. The van der Waals surface area contributed by atoms with Crippen molar-refractivity contribution in [1.82, 2.24) is 5.32 Å². The second-order valence-electron chi connectivity index (χ2n) is 3.35. The summed E-state index contributed by atoms with van der Waals surface area (Å²) < 4.78 is 12.7. The predicted octanol–water partition coefficient (Wildman–Crippen LogP) is 1.42. The van der Waals surface area contributed by atoms with Crippen LogP contribution in [-0.4, -0.2) is 25.2 Å². The van der Waals surface area contributed by atoms with E-state index in [0.717, 1.165) is 0 Å². The van der Waals surface area contributed by atoms with E-state index in [1.165, 1.54) is 24.3 Å². The van der Waals surface area contributed by atoms with E-state index >= 15 is 0 Å². The minimum Gasteiger partial charge on any atom is -0.334 e. The van der Waals surface area contributed by atoms with Crippen LogP contribution in [0.5, 0.6) is 0 Å². The quantitative estimate of drug-likeness (QED) is 0.472. The van der Waals surface area contributed by atoms with Gasteiger partial charge in [0.1, 0.15) is 18.5 Å². The van der Waals surface area contributed by atoms with E-state index in [1.54, 1.807) is 6.92 Å². The summed E-state index contributed by atoms with van der Waals surface area (Å²) >= 11 is 0. The monoisotopic (exact) mass is 252 g/mol. The molecular formula is C12H13FN2O3. The first-order valence-electron chi connectivity index (χ1n) is 5.37. The van der Waals surface area contributed by atoms with Crippen LogP contribution in [0.3, 0.4) is 0 Å². The van der Waals surface area contributed by atoms with Gasteiger partial charge in [-0.2, -0.15) is 5.26 Å². The van der Waals surface area contributed by atoms with E-state index in [-0.39, 0.29) is 12.2 Å². The number of carbonyl (C=O) groups is 1. The Morgan fingerprint density at radius 3 is 2.67 bits per heavy atom. The molecule has 1 aromatic rings. The number of hydrogen-bond donors (Lipinski definition) is 1. The molecule has 1 N–H and O–H groups in total. The Balaban J connectivity index is 2.52. The van der Waals surface area contributed by atoms with Crippen molar-refractivity contribution in [3.8, 4) is 6.07 Å². The molecule has 0 radical (unpaired) electrons. The smallest absolute Gasteiger partial charge is 0.252 e. The van der Waals surface area contributed by atoms with Crippen molar-refractivity contribution in [3.05, 3.63) is 35.6 Å². The average molecular weight is 252 g/mol. The molecule has 0 aliphatic rings. The number of rotatable bonds is 6. The molecule has 0 saturated carbocycles. The van der Waals surface area contributed by atoms with E-state index in [2.05, 4.69) is 10.2 Å². The fraction of sp³-hybridized carbons (Fsp3) is 0.333. The van der Waals surface area contributed by atoms with Crippen LogP contribution in [-0.2, 0) is 9.78 Å². The van der Waals surface area contributed by atoms with Gasteiger partial charge in [0.25, 0.3) is 5.91 Å². The molecular weight excluding hydrogens is 239 g/mol. The summed E-state index contributed by atoms with van der Waals surface area (Å²) in [4.78, 5) is 21.0. The van der Waals surface area contributed by atoms with Crippen molar-refractivity contribution >= 4 is 5.91 Å². The maximum absolute atomic E-state index is 12.7. The van der Waals surface area contributed by atoms with Crippen LogP contribution in [0.4, 0.5) is 4.39 Å². The van der Waals surface area contributed by atoms with E-state index in [4.69, 9.17) is 10.1 Å². The van der Waals surface area contributed by atoms with Crippen molar-refractivity contribution in [3.63, 3.8) is 0 Å². The Hall–Kier alpha value is -1.97. The number of halogens is 1. The van der Waals surface area contributed by atoms with Crippen LogP contribution < -0.4 is 5.32 Å². The maximum Gasteiger partial charge on any atom is 0.252 e. The van der Waals surface area contributed by atoms with Gasteiger partial charge in [0.2, 0.25) is 0 Å². The first kappa shape index (κ1) is 14.1. The summed E-state index contributed by atoms with van der Waals surface area (Å²) in [5.74, 6) is -0.898. The molecule has 0 bridgehead atoms. The fourth-order valence-electron chi connectivity index (χ4n) is 1.15. The summed E-state index contributed by atoms with van der Waals surface area (Å²) in [6, 6.07) is 6.06.